The van der Waals surface area contributed by atoms with Crippen molar-refractivity contribution in [3.05, 3.63) is 150 Å². The van der Waals surface area contributed by atoms with E-state index in [2.05, 4.69) is 0 Å². The molecule has 0 spiro atoms. The second kappa shape index (κ2) is 11.7. The molecule has 0 unspecified atom stereocenters. The van der Waals surface area contributed by atoms with Crippen LogP contribution in [0.15, 0.2) is 127 Å². The zero-order chi connectivity index (χ0) is 35.6. The molecular formula is C42H25NO8. The van der Waals surface area contributed by atoms with Crippen LogP contribution in [-0.4, -0.2) is 48.9 Å². The largest absolute Gasteiger partial charge is 0.478 e. The van der Waals surface area contributed by atoms with Crippen LogP contribution < -0.4 is 0 Å². The summed E-state index contributed by atoms with van der Waals surface area (Å²) in [4.78, 5) is 47.1. The first-order valence-electron chi connectivity index (χ1n) is 15.8. The molecular weight excluding hydrogens is 646 g/mol. The van der Waals surface area contributed by atoms with Crippen molar-refractivity contribution in [2.24, 2.45) is 0 Å². The lowest BCUT2D eigenvalue weighted by Gasteiger charge is -2.11. The Balaban J connectivity index is 1.35. The van der Waals surface area contributed by atoms with E-state index in [0.29, 0.717) is 5.69 Å². The van der Waals surface area contributed by atoms with Gasteiger partial charge in [0, 0.05) is 16.5 Å². The zero-order valence-corrected chi connectivity index (χ0v) is 26.5. The molecule has 0 radical (unpaired) electrons. The van der Waals surface area contributed by atoms with E-state index >= 15 is 0 Å². The predicted molar refractivity (Wildman–Crippen MR) is 195 cm³/mol. The third-order valence-corrected chi connectivity index (χ3v) is 9.28. The molecule has 0 atom stereocenters. The minimum absolute atomic E-state index is 0.155. The highest BCUT2D eigenvalue weighted by atomic mass is 16.4. The van der Waals surface area contributed by atoms with Crippen molar-refractivity contribution in [1.29, 1.82) is 0 Å². The summed E-state index contributed by atoms with van der Waals surface area (Å²) in [5.41, 5.74) is 5.53. The first kappa shape index (κ1) is 31.0. The molecule has 7 aromatic carbocycles. The molecule has 0 aliphatic heterocycles. The van der Waals surface area contributed by atoms with Crippen LogP contribution in [-0.2, 0) is 0 Å². The smallest absolute Gasteiger partial charge is 0.335 e. The lowest BCUT2D eigenvalue weighted by Crippen LogP contribution is -2.05. The maximum absolute atomic E-state index is 12.1. The van der Waals surface area contributed by atoms with Gasteiger partial charge >= 0.3 is 23.9 Å². The van der Waals surface area contributed by atoms with Crippen LogP contribution in [0.5, 0.6) is 0 Å². The molecule has 8 aromatic rings. The molecule has 0 aliphatic rings. The molecule has 8 rings (SSSR count). The van der Waals surface area contributed by atoms with Gasteiger partial charge in [-0.15, -0.1) is 0 Å². The number of fused-ring (bicyclic) bond motifs is 5. The number of aromatic nitrogens is 1. The molecule has 9 heteroatoms. The summed E-state index contributed by atoms with van der Waals surface area (Å²) in [5, 5.41) is 43.5. The van der Waals surface area contributed by atoms with E-state index in [9.17, 15) is 39.6 Å². The standard InChI is InChI=1S/C42H25NO8/c44-39(45)30-7-5-22-13-24(1-3-26(22)15-30)28-9-11-37-35(20-28)36-21-29(25-2-4-27-16-31(40(46)47)8-6-23(27)14-25)10-12-38(36)43(37)34-18-32(41(48)49)17-33(19-34)42(50)51/h1-21H,(H,44,45)(H,46,47)(H,48,49)(H,50,51). The van der Waals surface area contributed by atoms with E-state index in [-0.39, 0.29) is 22.3 Å². The summed E-state index contributed by atoms with van der Waals surface area (Å²) in [6.45, 7) is 0. The van der Waals surface area contributed by atoms with E-state index in [0.717, 1.165) is 71.7 Å². The van der Waals surface area contributed by atoms with Crippen LogP contribution >= 0.6 is 0 Å². The minimum Gasteiger partial charge on any atom is -0.478 e. The predicted octanol–water partition coefficient (Wildman–Crippen LogP) is 9.22. The van der Waals surface area contributed by atoms with Gasteiger partial charge < -0.3 is 25.0 Å². The summed E-state index contributed by atoms with van der Waals surface area (Å²) >= 11 is 0. The summed E-state index contributed by atoms with van der Waals surface area (Å²) in [7, 11) is 0. The molecule has 9 nitrogen and oxygen atoms in total. The van der Waals surface area contributed by atoms with Crippen LogP contribution in [0, 0.1) is 0 Å². The fraction of sp³-hybridized carbons (Fsp3) is 0. The maximum atomic E-state index is 12.1. The lowest BCUT2D eigenvalue weighted by molar-refractivity contribution is 0.0680. The van der Waals surface area contributed by atoms with Crippen LogP contribution in [0.2, 0.25) is 0 Å². The molecule has 4 N–H and O–H groups in total. The second-order valence-electron chi connectivity index (χ2n) is 12.3. The molecule has 0 bridgehead atoms. The number of carbonyl (C=O) groups is 4. The van der Waals surface area contributed by atoms with Gasteiger partial charge in [-0.3, -0.25) is 0 Å². The normalized spacial score (nSPS) is 11.4. The van der Waals surface area contributed by atoms with Crippen LogP contribution in [0.1, 0.15) is 41.4 Å². The fourth-order valence-corrected chi connectivity index (χ4v) is 6.76. The molecule has 246 valence electrons. The van der Waals surface area contributed by atoms with E-state index in [1.165, 1.54) is 12.1 Å². The molecule has 1 heterocycles. The van der Waals surface area contributed by atoms with Crippen molar-refractivity contribution in [2.45, 2.75) is 0 Å². The van der Waals surface area contributed by atoms with Gasteiger partial charge in [-0.2, -0.15) is 0 Å². The summed E-state index contributed by atoms with van der Waals surface area (Å²) < 4.78 is 1.86. The van der Waals surface area contributed by atoms with Crippen molar-refractivity contribution >= 4 is 67.2 Å². The van der Waals surface area contributed by atoms with Gasteiger partial charge in [0.05, 0.1) is 33.3 Å². The van der Waals surface area contributed by atoms with Gasteiger partial charge in [0.2, 0.25) is 0 Å². The molecule has 51 heavy (non-hydrogen) atoms. The number of aromatic carboxylic acids is 4. The Hall–Kier alpha value is -7.26. The molecule has 0 saturated heterocycles. The molecule has 0 fully saturated rings. The number of benzene rings is 7. The number of hydrogen-bond donors (Lipinski definition) is 4. The topological polar surface area (TPSA) is 154 Å². The number of rotatable bonds is 7. The van der Waals surface area contributed by atoms with Crippen molar-refractivity contribution in [3.63, 3.8) is 0 Å². The quantitative estimate of drug-likeness (QED) is 0.131. The van der Waals surface area contributed by atoms with Gasteiger partial charge in [-0.05, 0) is 123 Å². The summed E-state index contributed by atoms with van der Waals surface area (Å²) in [5.74, 6) is -4.49. The van der Waals surface area contributed by atoms with Gasteiger partial charge in [-0.1, -0.05) is 48.5 Å². The summed E-state index contributed by atoms with van der Waals surface area (Å²) in [6, 6.07) is 37.4. The van der Waals surface area contributed by atoms with Crippen LogP contribution in [0.4, 0.5) is 0 Å². The Morgan fingerprint density at radius 1 is 0.353 bits per heavy atom. The number of nitrogens with zero attached hydrogens (tertiary/aromatic N) is 1. The Kier molecular flexibility index (Phi) is 7.13. The first-order valence-corrected chi connectivity index (χ1v) is 15.8. The molecule has 0 amide bonds. The minimum atomic E-state index is -1.25. The number of carboxylic acids is 4. The van der Waals surface area contributed by atoms with Crippen molar-refractivity contribution in [3.8, 4) is 27.9 Å². The van der Waals surface area contributed by atoms with Gasteiger partial charge in [0.15, 0.2) is 0 Å². The van der Waals surface area contributed by atoms with Gasteiger partial charge in [0.25, 0.3) is 0 Å². The highest BCUT2D eigenvalue weighted by Crippen LogP contribution is 2.38. The van der Waals surface area contributed by atoms with Crippen LogP contribution in [0.3, 0.4) is 0 Å². The summed E-state index contributed by atoms with van der Waals surface area (Å²) in [6.07, 6.45) is 0. The molecule has 0 saturated carbocycles. The first-order chi connectivity index (χ1) is 24.5. The van der Waals surface area contributed by atoms with Crippen molar-refractivity contribution < 1.29 is 39.6 Å². The lowest BCUT2D eigenvalue weighted by atomic mass is 9.97. The van der Waals surface area contributed by atoms with Crippen molar-refractivity contribution in [1.82, 2.24) is 4.57 Å². The number of carboxylic acid groups (broad SMARTS) is 4. The third kappa shape index (κ3) is 5.39. The fourth-order valence-electron chi connectivity index (χ4n) is 6.76. The Morgan fingerprint density at radius 2 is 0.706 bits per heavy atom. The van der Waals surface area contributed by atoms with Crippen LogP contribution in [0.25, 0.3) is 71.3 Å². The Bertz CT molecular complexity index is 2640. The highest BCUT2D eigenvalue weighted by Gasteiger charge is 2.19. The Morgan fingerprint density at radius 3 is 1.12 bits per heavy atom. The maximum Gasteiger partial charge on any atom is 0.335 e. The van der Waals surface area contributed by atoms with Gasteiger partial charge in [0.1, 0.15) is 0 Å². The SMILES string of the molecule is O=C(O)c1cc(C(=O)O)cc(-n2c3ccc(-c4ccc5cc(C(=O)O)ccc5c4)cc3c3cc(-c4ccc5cc(C(=O)O)ccc5c4)ccc32)c1. The molecule has 1 aromatic heterocycles. The second-order valence-corrected chi connectivity index (χ2v) is 12.3. The average molecular weight is 672 g/mol. The van der Waals surface area contributed by atoms with E-state index in [1.54, 1.807) is 36.4 Å². The highest BCUT2D eigenvalue weighted by molar-refractivity contribution is 6.12. The monoisotopic (exact) mass is 671 g/mol. The van der Waals surface area contributed by atoms with E-state index in [4.69, 9.17) is 0 Å². The average Bonchev–Trinajstić information content (AvgIpc) is 3.46. The van der Waals surface area contributed by atoms with Gasteiger partial charge in [-0.25, -0.2) is 19.2 Å². The Labute approximate surface area is 288 Å². The number of hydrogen-bond acceptors (Lipinski definition) is 4. The third-order valence-electron chi connectivity index (χ3n) is 9.28. The molecule has 0 aliphatic carbocycles. The van der Waals surface area contributed by atoms with E-state index < -0.39 is 23.9 Å². The van der Waals surface area contributed by atoms with E-state index in [1.807, 2.05) is 77.4 Å². The van der Waals surface area contributed by atoms with Crippen molar-refractivity contribution in [2.75, 3.05) is 0 Å². The zero-order valence-electron chi connectivity index (χ0n) is 26.5.